The first-order chi connectivity index (χ1) is 12.8. The van der Waals surface area contributed by atoms with Gasteiger partial charge in [-0.1, -0.05) is 19.0 Å². The third-order valence-corrected chi connectivity index (χ3v) is 8.40. The van der Waals surface area contributed by atoms with Gasteiger partial charge in [-0.05, 0) is 61.7 Å². The zero-order valence-electron chi connectivity index (χ0n) is 16.4. The van der Waals surface area contributed by atoms with Crippen LogP contribution in [0.15, 0.2) is 5.16 Å². The number of hydrogen-bond donors (Lipinski definition) is 1. The van der Waals surface area contributed by atoms with Gasteiger partial charge in [0.2, 0.25) is 0 Å². The SMILES string of the molecule is CC12CCC3C(CC(=O)C4CC(=NOCCN)CCC43C)C1CC(F)C2=O. The Morgan fingerprint density at radius 1 is 1.22 bits per heavy atom. The van der Waals surface area contributed by atoms with Crippen molar-refractivity contribution in [3.8, 4) is 0 Å². The van der Waals surface area contributed by atoms with Crippen molar-refractivity contribution < 1.29 is 18.8 Å². The fourth-order valence-electron chi connectivity index (χ4n) is 6.87. The molecule has 2 N–H and O–H groups in total. The standard InChI is InChI=1S/C21H31FN2O3/c1-20-5-3-12(24-27-8-7-23)9-16(20)18(25)10-13-14(20)4-6-21(2)15(13)11-17(22)19(21)26/h13-17H,3-11,23H2,1-2H3. The van der Waals surface area contributed by atoms with E-state index in [1.54, 1.807) is 0 Å². The maximum absolute atomic E-state index is 14.3. The highest BCUT2D eigenvalue weighted by molar-refractivity contribution is 5.94. The highest BCUT2D eigenvalue weighted by Crippen LogP contribution is 2.64. The molecule has 4 aliphatic rings. The van der Waals surface area contributed by atoms with Gasteiger partial charge in [-0.2, -0.15) is 0 Å². The molecular formula is C21H31FN2O3. The van der Waals surface area contributed by atoms with Crippen molar-refractivity contribution in [1.29, 1.82) is 0 Å². The first-order valence-corrected chi connectivity index (χ1v) is 10.4. The van der Waals surface area contributed by atoms with Gasteiger partial charge in [0, 0.05) is 24.3 Å². The summed E-state index contributed by atoms with van der Waals surface area (Å²) in [5.41, 5.74) is 5.75. The molecule has 0 heterocycles. The number of Topliss-reactive ketones (excluding diaryl/α,β-unsaturated/α-hetero) is 2. The van der Waals surface area contributed by atoms with Crippen molar-refractivity contribution in [3.63, 3.8) is 0 Å². The summed E-state index contributed by atoms with van der Waals surface area (Å²) < 4.78 is 14.3. The summed E-state index contributed by atoms with van der Waals surface area (Å²) >= 11 is 0. The van der Waals surface area contributed by atoms with Crippen LogP contribution in [0.2, 0.25) is 0 Å². The number of carbonyl (C=O) groups excluding carboxylic acids is 2. The minimum atomic E-state index is -1.34. The van der Waals surface area contributed by atoms with Crippen LogP contribution in [0.25, 0.3) is 0 Å². The van der Waals surface area contributed by atoms with Gasteiger partial charge in [0.25, 0.3) is 0 Å². The summed E-state index contributed by atoms with van der Waals surface area (Å²) in [6.07, 6.45) is 3.54. The van der Waals surface area contributed by atoms with Crippen LogP contribution >= 0.6 is 0 Å². The maximum Gasteiger partial charge on any atom is 0.173 e. The number of nitrogens with two attached hydrogens (primary N) is 1. The Morgan fingerprint density at radius 3 is 2.74 bits per heavy atom. The molecule has 7 atom stereocenters. The van der Waals surface area contributed by atoms with Crippen LogP contribution in [-0.4, -0.2) is 36.6 Å². The lowest BCUT2D eigenvalue weighted by molar-refractivity contribution is -0.152. The van der Waals surface area contributed by atoms with Crippen molar-refractivity contribution in [2.24, 2.45) is 45.4 Å². The highest BCUT2D eigenvalue weighted by Gasteiger charge is 2.64. The van der Waals surface area contributed by atoms with Gasteiger partial charge >= 0.3 is 0 Å². The Hall–Kier alpha value is -1.30. The van der Waals surface area contributed by atoms with E-state index >= 15 is 0 Å². The first-order valence-electron chi connectivity index (χ1n) is 10.4. The van der Waals surface area contributed by atoms with E-state index in [4.69, 9.17) is 10.6 Å². The fraction of sp³-hybridized carbons (Fsp3) is 0.857. The molecule has 0 amide bonds. The number of oxime groups is 1. The first kappa shape index (κ1) is 19.0. The third-order valence-electron chi connectivity index (χ3n) is 8.40. The van der Waals surface area contributed by atoms with Crippen molar-refractivity contribution >= 4 is 17.3 Å². The Kier molecular flexibility index (Phi) is 4.68. The molecule has 4 aliphatic carbocycles. The molecular weight excluding hydrogens is 347 g/mol. The smallest absolute Gasteiger partial charge is 0.173 e. The monoisotopic (exact) mass is 378 g/mol. The summed E-state index contributed by atoms with van der Waals surface area (Å²) in [5.74, 6) is 0.570. The second-order valence-corrected chi connectivity index (χ2v) is 9.61. The molecule has 4 saturated carbocycles. The van der Waals surface area contributed by atoms with Gasteiger partial charge in [-0.3, -0.25) is 9.59 Å². The number of carbonyl (C=O) groups is 2. The van der Waals surface area contributed by atoms with Gasteiger partial charge in [-0.25, -0.2) is 4.39 Å². The Bertz CT molecular complexity index is 680. The predicted octanol–water partition coefficient (Wildman–Crippen LogP) is 3.06. The molecule has 27 heavy (non-hydrogen) atoms. The van der Waals surface area contributed by atoms with Gasteiger partial charge in [0.15, 0.2) is 12.0 Å². The third kappa shape index (κ3) is 2.78. The van der Waals surface area contributed by atoms with Gasteiger partial charge in [-0.15, -0.1) is 0 Å². The molecule has 150 valence electrons. The molecule has 7 unspecified atom stereocenters. The van der Waals surface area contributed by atoms with E-state index in [1.165, 1.54) is 0 Å². The van der Waals surface area contributed by atoms with Crippen LogP contribution in [0.1, 0.15) is 58.8 Å². The van der Waals surface area contributed by atoms with Crippen molar-refractivity contribution in [1.82, 2.24) is 0 Å². The molecule has 0 aromatic heterocycles. The quantitative estimate of drug-likeness (QED) is 0.604. The van der Waals surface area contributed by atoms with E-state index in [0.29, 0.717) is 38.3 Å². The molecule has 4 rings (SSSR count). The number of rotatable bonds is 3. The number of ketones is 2. The van der Waals surface area contributed by atoms with Crippen molar-refractivity contribution in [2.75, 3.05) is 13.2 Å². The van der Waals surface area contributed by atoms with Crippen LogP contribution < -0.4 is 5.73 Å². The van der Waals surface area contributed by atoms with Crippen LogP contribution in [0.5, 0.6) is 0 Å². The molecule has 4 fully saturated rings. The lowest BCUT2D eigenvalue weighted by Crippen LogP contribution is -2.56. The van der Waals surface area contributed by atoms with Crippen LogP contribution in [-0.2, 0) is 14.4 Å². The van der Waals surface area contributed by atoms with E-state index < -0.39 is 11.6 Å². The number of fused-ring (bicyclic) bond motifs is 5. The molecule has 0 aliphatic heterocycles. The Labute approximate surface area is 160 Å². The summed E-state index contributed by atoms with van der Waals surface area (Å²) in [6, 6.07) is 0. The lowest BCUT2D eigenvalue weighted by atomic mass is 9.45. The average molecular weight is 378 g/mol. The van der Waals surface area contributed by atoms with Crippen LogP contribution in [0.3, 0.4) is 0 Å². The minimum absolute atomic E-state index is 0.0171. The number of alkyl halides is 1. The molecule has 0 spiro atoms. The van der Waals surface area contributed by atoms with E-state index in [1.807, 2.05) is 6.92 Å². The normalized spacial score (nSPS) is 48.1. The van der Waals surface area contributed by atoms with E-state index in [0.717, 1.165) is 31.4 Å². The largest absolute Gasteiger partial charge is 0.395 e. The topological polar surface area (TPSA) is 81.8 Å². The molecule has 0 saturated heterocycles. The zero-order chi connectivity index (χ0) is 19.4. The predicted molar refractivity (Wildman–Crippen MR) is 99.8 cm³/mol. The summed E-state index contributed by atoms with van der Waals surface area (Å²) in [5, 5.41) is 4.21. The van der Waals surface area contributed by atoms with Crippen LogP contribution in [0.4, 0.5) is 4.39 Å². The summed E-state index contributed by atoms with van der Waals surface area (Å²) in [4.78, 5) is 30.8. The number of hydrogen-bond acceptors (Lipinski definition) is 5. The number of halogens is 1. The maximum atomic E-state index is 14.3. The molecule has 5 nitrogen and oxygen atoms in total. The van der Waals surface area contributed by atoms with Crippen molar-refractivity contribution in [2.45, 2.75) is 65.0 Å². The van der Waals surface area contributed by atoms with Crippen molar-refractivity contribution in [3.05, 3.63) is 0 Å². The van der Waals surface area contributed by atoms with E-state index in [2.05, 4.69) is 12.1 Å². The second-order valence-electron chi connectivity index (χ2n) is 9.61. The zero-order valence-corrected chi connectivity index (χ0v) is 16.4. The highest BCUT2D eigenvalue weighted by atomic mass is 19.1. The summed E-state index contributed by atoms with van der Waals surface area (Å²) in [7, 11) is 0. The van der Waals surface area contributed by atoms with Gasteiger partial charge < -0.3 is 10.6 Å². The molecule has 0 radical (unpaired) electrons. The average Bonchev–Trinajstić information content (AvgIpc) is 2.87. The van der Waals surface area contributed by atoms with E-state index in [9.17, 15) is 14.0 Å². The summed E-state index contributed by atoms with van der Waals surface area (Å²) in [6.45, 7) is 5.00. The molecule has 0 bridgehead atoms. The minimum Gasteiger partial charge on any atom is -0.395 e. The van der Waals surface area contributed by atoms with Gasteiger partial charge in [0.1, 0.15) is 12.4 Å². The number of nitrogens with zero attached hydrogens (tertiary/aromatic N) is 1. The molecule has 0 aromatic rings. The van der Waals surface area contributed by atoms with Crippen LogP contribution in [0, 0.1) is 34.5 Å². The molecule has 0 aromatic carbocycles. The lowest BCUT2D eigenvalue weighted by Gasteiger charge is -2.58. The molecule has 6 heteroatoms. The van der Waals surface area contributed by atoms with Gasteiger partial charge in [0.05, 0.1) is 5.71 Å². The second kappa shape index (κ2) is 6.64. The van der Waals surface area contributed by atoms with E-state index in [-0.39, 0.29) is 34.7 Å². The fourth-order valence-corrected chi connectivity index (χ4v) is 6.87. The Balaban J connectivity index is 1.58. The Morgan fingerprint density at radius 2 is 2.00 bits per heavy atom.